The molecule has 1 aromatic carbocycles. The van der Waals surface area contributed by atoms with Gasteiger partial charge in [-0.05, 0) is 43.4 Å². The Bertz CT molecular complexity index is 753. The van der Waals surface area contributed by atoms with Crippen molar-refractivity contribution in [1.82, 2.24) is 10.6 Å². The fraction of sp³-hybridized carbons (Fsp3) is 0.500. The van der Waals surface area contributed by atoms with Gasteiger partial charge in [0, 0.05) is 5.70 Å². The number of rotatable bonds is 5. The predicted octanol–water partition coefficient (Wildman–Crippen LogP) is 3.15. The van der Waals surface area contributed by atoms with E-state index >= 15 is 0 Å². The van der Waals surface area contributed by atoms with Gasteiger partial charge in [0.2, 0.25) is 0 Å². The second kappa shape index (κ2) is 8.33. The lowest BCUT2D eigenvalue weighted by Gasteiger charge is -2.29. The zero-order valence-electron chi connectivity index (χ0n) is 15.7. The van der Waals surface area contributed by atoms with Crippen molar-refractivity contribution in [2.45, 2.75) is 45.1 Å². The molecule has 0 saturated heterocycles. The van der Waals surface area contributed by atoms with Crippen molar-refractivity contribution in [2.75, 3.05) is 13.7 Å². The van der Waals surface area contributed by atoms with Crippen molar-refractivity contribution in [1.29, 1.82) is 0 Å². The van der Waals surface area contributed by atoms with Crippen LogP contribution in [0.2, 0.25) is 0 Å². The van der Waals surface area contributed by atoms with Gasteiger partial charge < -0.3 is 25.2 Å². The standard InChI is InChI=1S/C20H26N2O5/c1-12-17(19(24)27-11-13-6-4-3-5-7-13)18(22-20(25)21-12)14-8-9-15(23)16(10-14)26-2/h8-10,13,18,23H,3-7,11H2,1-2H3,(H2,21,22,25)/t18-/m0/s1. The summed E-state index contributed by atoms with van der Waals surface area (Å²) in [5.74, 6) is 0.223. The molecule has 1 atom stereocenters. The van der Waals surface area contributed by atoms with E-state index in [0.29, 0.717) is 29.4 Å². The van der Waals surface area contributed by atoms with Crippen molar-refractivity contribution in [3.05, 3.63) is 35.0 Å². The van der Waals surface area contributed by atoms with Gasteiger partial charge in [0.15, 0.2) is 11.5 Å². The van der Waals surface area contributed by atoms with E-state index in [2.05, 4.69) is 10.6 Å². The topological polar surface area (TPSA) is 96.9 Å². The molecule has 1 aliphatic heterocycles. The summed E-state index contributed by atoms with van der Waals surface area (Å²) >= 11 is 0. The molecule has 0 bridgehead atoms. The summed E-state index contributed by atoms with van der Waals surface area (Å²) in [6.07, 6.45) is 5.77. The molecule has 1 heterocycles. The van der Waals surface area contributed by atoms with Gasteiger partial charge in [0.25, 0.3) is 0 Å². The van der Waals surface area contributed by atoms with Gasteiger partial charge in [-0.25, -0.2) is 9.59 Å². The Kier molecular flexibility index (Phi) is 5.88. The number of allylic oxidation sites excluding steroid dienone is 1. The van der Waals surface area contributed by atoms with E-state index in [-0.39, 0.29) is 11.5 Å². The van der Waals surface area contributed by atoms with Crippen LogP contribution in [0.15, 0.2) is 29.5 Å². The third-order valence-corrected chi connectivity index (χ3v) is 5.20. The molecule has 0 spiro atoms. The SMILES string of the molecule is COc1cc([C@@H]2NC(=O)NC(C)=C2C(=O)OCC2CCCCC2)ccc1O. The average molecular weight is 374 g/mol. The highest BCUT2D eigenvalue weighted by atomic mass is 16.5. The average Bonchev–Trinajstić information content (AvgIpc) is 2.66. The molecule has 1 saturated carbocycles. The van der Waals surface area contributed by atoms with Crippen LogP contribution in [0.1, 0.15) is 50.6 Å². The summed E-state index contributed by atoms with van der Waals surface area (Å²) in [6, 6.07) is 3.66. The third-order valence-electron chi connectivity index (χ3n) is 5.20. The summed E-state index contributed by atoms with van der Waals surface area (Å²) in [4.78, 5) is 24.8. The highest BCUT2D eigenvalue weighted by molar-refractivity contribution is 5.95. The molecule has 7 heteroatoms. The van der Waals surface area contributed by atoms with E-state index in [1.807, 2.05) is 0 Å². The van der Waals surface area contributed by atoms with E-state index in [1.54, 1.807) is 19.1 Å². The third kappa shape index (κ3) is 4.35. The number of carbonyl (C=O) groups excluding carboxylic acids is 2. The summed E-state index contributed by atoms with van der Waals surface area (Å²) in [7, 11) is 1.44. The lowest BCUT2D eigenvalue weighted by Crippen LogP contribution is -2.45. The number of hydrogen-bond acceptors (Lipinski definition) is 5. The predicted molar refractivity (Wildman–Crippen MR) is 99.3 cm³/mol. The Hall–Kier alpha value is -2.70. The monoisotopic (exact) mass is 374 g/mol. The van der Waals surface area contributed by atoms with Crippen LogP contribution in [0.4, 0.5) is 4.79 Å². The maximum Gasteiger partial charge on any atom is 0.338 e. The van der Waals surface area contributed by atoms with Gasteiger partial charge >= 0.3 is 12.0 Å². The lowest BCUT2D eigenvalue weighted by molar-refractivity contribution is -0.141. The highest BCUT2D eigenvalue weighted by Crippen LogP contribution is 2.34. The first-order valence-corrected chi connectivity index (χ1v) is 9.32. The molecule has 146 valence electrons. The van der Waals surface area contributed by atoms with Crippen LogP contribution in [0, 0.1) is 5.92 Å². The zero-order chi connectivity index (χ0) is 19.4. The number of urea groups is 1. The van der Waals surface area contributed by atoms with Gasteiger partial charge in [0.05, 0.1) is 25.3 Å². The van der Waals surface area contributed by atoms with Gasteiger partial charge in [-0.3, -0.25) is 0 Å². The minimum atomic E-state index is -0.674. The molecule has 1 fully saturated rings. The van der Waals surface area contributed by atoms with Gasteiger partial charge in [0.1, 0.15) is 0 Å². The lowest BCUT2D eigenvalue weighted by atomic mass is 9.90. The number of benzene rings is 1. The fourth-order valence-electron chi connectivity index (χ4n) is 3.71. The number of phenols is 1. The summed E-state index contributed by atoms with van der Waals surface area (Å²) in [6.45, 7) is 2.08. The van der Waals surface area contributed by atoms with Crippen LogP contribution in [-0.4, -0.2) is 30.8 Å². The van der Waals surface area contributed by atoms with E-state index in [1.165, 1.54) is 32.4 Å². The second-order valence-electron chi connectivity index (χ2n) is 7.10. The largest absolute Gasteiger partial charge is 0.504 e. The Morgan fingerprint density at radius 3 is 2.70 bits per heavy atom. The van der Waals surface area contributed by atoms with Crippen molar-refractivity contribution < 1.29 is 24.2 Å². The molecular weight excluding hydrogens is 348 g/mol. The molecule has 0 radical (unpaired) electrons. The molecule has 2 aliphatic rings. The molecule has 7 nitrogen and oxygen atoms in total. The van der Waals surface area contributed by atoms with E-state index in [0.717, 1.165) is 12.8 Å². The maximum atomic E-state index is 12.8. The smallest absolute Gasteiger partial charge is 0.338 e. The first-order chi connectivity index (χ1) is 13.0. The van der Waals surface area contributed by atoms with Crippen molar-refractivity contribution in [3.8, 4) is 11.5 Å². The van der Waals surface area contributed by atoms with Crippen molar-refractivity contribution in [3.63, 3.8) is 0 Å². The molecule has 0 unspecified atom stereocenters. The minimum Gasteiger partial charge on any atom is -0.504 e. The number of aromatic hydroxyl groups is 1. The van der Waals surface area contributed by atoms with Gasteiger partial charge in [-0.2, -0.15) is 0 Å². The molecule has 27 heavy (non-hydrogen) atoms. The number of phenolic OH excluding ortho intramolecular Hbond substituents is 1. The molecule has 0 aromatic heterocycles. The summed E-state index contributed by atoms with van der Waals surface area (Å²) in [5, 5.41) is 15.2. The molecule has 1 aromatic rings. The van der Waals surface area contributed by atoms with Crippen LogP contribution in [0.25, 0.3) is 0 Å². The summed E-state index contributed by atoms with van der Waals surface area (Å²) < 4.78 is 10.7. The number of carbonyl (C=O) groups is 2. The first-order valence-electron chi connectivity index (χ1n) is 9.32. The van der Waals surface area contributed by atoms with Crippen LogP contribution < -0.4 is 15.4 Å². The Morgan fingerprint density at radius 2 is 2.00 bits per heavy atom. The maximum absolute atomic E-state index is 12.8. The highest BCUT2D eigenvalue weighted by Gasteiger charge is 2.33. The van der Waals surface area contributed by atoms with Gasteiger partial charge in [-0.15, -0.1) is 0 Å². The number of hydrogen-bond donors (Lipinski definition) is 3. The zero-order valence-corrected chi connectivity index (χ0v) is 15.7. The number of esters is 1. The Morgan fingerprint density at radius 1 is 1.26 bits per heavy atom. The van der Waals surface area contributed by atoms with E-state index in [4.69, 9.17) is 9.47 Å². The van der Waals surface area contributed by atoms with Gasteiger partial charge in [-0.1, -0.05) is 25.3 Å². The van der Waals surface area contributed by atoms with Crippen LogP contribution in [-0.2, 0) is 9.53 Å². The van der Waals surface area contributed by atoms with Crippen molar-refractivity contribution in [2.24, 2.45) is 5.92 Å². The Balaban J connectivity index is 1.82. The fourth-order valence-corrected chi connectivity index (χ4v) is 3.71. The van der Waals surface area contributed by atoms with Crippen LogP contribution >= 0.6 is 0 Å². The number of methoxy groups -OCH3 is 1. The summed E-state index contributed by atoms with van der Waals surface area (Å²) in [5.41, 5.74) is 1.45. The van der Waals surface area contributed by atoms with Crippen LogP contribution in [0.3, 0.4) is 0 Å². The van der Waals surface area contributed by atoms with Crippen LogP contribution in [0.5, 0.6) is 11.5 Å². The van der Waals surface area contributed by atoms with E-state index in [9.17, 15) is 14.7 Å². The van der Waals surface area contributed by atoms with E-state index < -0.39 is 18.0 Å². The quantitative estimate of drug-likeness (QED) is 0.688. The number of nitrogens with one attached hydrogen (secondary N) is 2. The number of amides is 2. The first kappa shape index (κ1) is 19.1. The minimum absolute atomic E-state index is 0.0105. The molecule has 2 amide bonds. The second-order valence-corrected chi connectivity index (χ2v) is 7.10. The molecule has 3 rings (SSSR count). The molecule has 3 N–H and O–H groups in total. The molecule has 1 aliphatic carbocycles. The normalized spacial score (nSPS) is 20.7. The molecular formula is C20H26N2O5. The Labute approximate surface area is 158 Å². The van der Waals surface area contributed by atoms with Crippen molar-refractivity contribution >= 4 is 12.0 Å². The number of ether oxygens (including phenoxy) is 2.